The van der Waals surface area contributed by atoms with Crippen molar-refractivity contribution in [3.8, 4) is 0 Å². The van der Waals surface area contributed by atoms with Gasteiger partial charge in [-0.3, -0.25) is 9.89 Å². The Kier molecular flexibility index (Phi) is 2.64. The van der Waals surface area contributed by atoms with Crippen LogP contribution in [0.1, 0.15) is 50.2 Å². The second kappa shape index (κ2) is 3.72. The number of aromatic nitrogens is 2. The first-order valence-corrected chi connectivity index (χ1v) is 6.03. The fraction of sp³-hybridized carbons (Fsp3) is 0.692. The molecule has 0 saturated carbocycles. The number of nitrogens with zero attached hydrogens (tertiary/aromatic N) is 1. The summed E-state index contributed by atoms with van der Waals surface area (Å²) in [6.45, 7) is 8.87. The van der Waals surface area contributed by atoms with Crippen molar-refractivity contribution in [3.63, 3.8) is 0 Å². The molecule has 0 fully saturated rings. The van der Waals surface area contributed by atoms with Gasteiger partial charge in [-0.25, -0.2) is 0 Å². The van der Waals surface area contributed by atoms with Gasteiger partial charge in [0.1, 0.15) is 0 Å². The van der Waals surface area contributed by atoms with Gasteiger partial charge in [0.05, 0.1) is 11.8 Å². The quantitative estimate of drug-likeness (QED) is 0.833. The third kappa shape index (κ3) is 1.49. The van der Waals surface area contributed by atoms with Crippen LogP contribution in [0.25, 0.3) is 0 Å². The lowest BCUT2D eigenvalue weighted by atomic mass is 9.60. The van der Waals surface area contributed by atoms with Crippen LogP contribution in [0.2, 0.25) is 0 Å². The molecule has 0 radical (unpaired) electrons. The average Bonchev–Trinajstić information content (AvgIpc) is 2.64. The van der Waals surface area contributed by atoms with Crippen LogP contribution in [-0.4, -0.2) is 16.0 Å². The van der Waals surface area contributed by atoms with Gasteiger partial charge >= 0.3 is 0 Å². The molecule has 3 nitrogen and oxygen atoms in total. The first kappa shape index (κ1) is 11.4. The number of ketones is 1. The summed E-state index contributed by atoms with van der Waals surface area (Å²) in [6, 6.07) is 0. The molecule has 0 saturated heterocycles. The van der Waals surface area contributed by atoms with E-state index >= 15 is 0 Å². The van der Waals surface area contributed by atoms with Crippen LogP contribution >= 0.6 is 0 Å². The van der Waals surface area contributed by atoms with E-state index in [1.807, 2.05) is 0 Å². The fourth-order valence-corrected chi connectivity index (χ4v) is 2.96. The standard InChI is InChI=1S/C13H20N2O/c1-8(2)13(9(3)4)5-11-10(7-14-15-11)12(16)6-13/h7-9H,5-6H2,1-4H3,(H,14,15). The molecule has 1 aromatic heterocycles. The Morgan fingerprint density at radius 2 is 1.88 bits per heavy atom. The molecule has 0 spiro atoms. The first-order chi connectivity index (χ1) is 7.47. The molecule has 1 aliphatic carbocycles. The van der Waals surface area contributed by atoms with E-state index in [0.717, 1.165) is 17.7 Å². The summed E-state index contributed by atoms with van der Waals surface area (Å²) < 4.78 is 0. The van der Waals surface area contributed by atoms with E-state index in [0.29, 0.717) is 18.3 Å². The van der Waals surface area contributed by atoms with Crippen LogP contribution in [0.15, 0.2) is 6.20 Å². The molecular weight excluding hydrogens is 200 g/mol. The summed E-state index contributed by atoms with van der Waals surface area (Å²) in [6.07, 6.45) is 3.28. The SMILES string of the molecule is CC(C)C1(C(C)C)CC(=O)c2cn[nH]c2C1. The Bertz CT molecular complexity index is 396. The normalized spacial score (nSPS) is 19.2. The Balaban J connectivity index is 2.44. The third-order valence-corrected chi connectivity index (χ3v) is 4.31. The van der Waals surface area contributed by atoms with E-state index in [2.05, 4.69) is 37.9 Å². The summed E-state index contributed by atoms with van der Waals surface area (Å²) in [7, 11) is 0. The minimum atomic E-state index is 0.0939. The zero-order valence-corrected chi connectivity index (χ0v) is 10.5. The highest BCUT2D eigenvalue weighted by Crippen LogP contribution is 2.46. The topological polar surface area (TPSA) is 45.8 Å². The molecule has 0 bridgehead atoms. The van der Waals surface area contributed by atoms with Crippen molar-refractivity contribution in [2.45, 2.75) is 40.5 Å². The van der Waals surface area contributed by atoms with Gasteiger partial charge in [0.2, 0.25) is 0 Å². The van der Waals surface area contributed by atoms with E-state index in [4.69, 9.17) is 0 Å². The maximum atomic E-state index is 12.1. The first-order valence-electron chi connectivity index (χ1n) is 6.03. The second-order valence-corrected chi connectivity index (χ2v) is 5.58. The maximum Gasteiger partial charge on any atom is 0.166 e. The van der Waals surface area contributed by atoms with E-state index < -0.39 is 0 Å². The summed E-state index contributed by atoms with van der Waals surface area (Å²) in [5, 5.41) is 6.97. The fourth-order valence-electron chi connectivity index (χ4n) is 2.96. The predicted octanol–water partition coefficient (Wildman–Crippen LogP) is 2.84. The van der Waals surface area contributed by atoms with Gasteiger partial charge in [-0.05, 0) is 23.7 Å². The van der Waals surface area contributed by atoms with Gasteiger partial charge in [-0.1, -0.05) is 27.7 Å². The second-order valence-electron chi connectivity index (χ2n) is 5.58. The van der Waals surface area contributed by atoms with E-state index in [1.165, 1.54) is 0 Å². The van der Waals surface area contributed by atoms with Crippen molar-refractivity contribution in [2.24, 2.45) is 17.3 Å². The zero-order valence-electron chi connectivity index (χ0n) is 10.5. The van der Waals surface area contributed by atoms with E-state index in [1.54, 1.807) is 6.20 Å². The number of carbonyl (C=O) groups excluding carboxylic acids is 1. The van der Waals surface area contributed by atoms with Crippen molar-refractivity contribution in [1.82, 2.24) is 10.2 Å². The van der Waals surface area contributed by atoms with Gasteiger partial charge in [-0.2, -0.15) is 5.10 Å². The largest absolute Gasteiger partial charge is 0.294 e. The van der Waals surface area contributed by atoms with Gasteiger partial charge in [0, 0.05) is 12.1 Å². The molecule has 1 heterocycles. The molecular formula is C13H20N2O. The highest BCUT2D eigenvalue weighted by Gasteiger charge is 2.43. The van der Waals surface area contributed by atoms with Crippen LogP contribution in [0, 0.1) is 17.3 Å². The van der Waals surface area contributed by atoms with Crippen molar-refractivity contribution in [1.29, 1.82) is 0 Å². The van der Waals surface area contributed by atoms with Crippen molar-refractivity contribution in [2.75, 3.05) is 0 Å². The van der Waals surface area contributed by atoms with Crippen LogP contribution in [-0.2, 0) is 6.42 Å². The minimum Gasteiger partial charge on any atom is -0.294 e. The van der Waals surface area contributed by atoms with Crippen molar-refractivity contribution >= 4 is 5.78 Å². The molecule has 1 N–H and O–H groups in total. The Hall–Kier alpha value is -1.12. The van der Waals surface area contributed by atoms with Crippen LogP contribution in [0.5, 0.6) is 0 Å². The molecule has 0 amide bonds. The summed E-state index contributed by atoms with van der Waals surface area (Å²) in [4.78, 5) is 12.1. The molecule has 2 rings (SSSR count). The van der Waals surface area contributed by atoms with Crippen molar-refractivity contribution < 1.29 is 4.79 Å². The monoisotopic (exact) mass is 220 g/mol. The molecule has 1 aliphatic rings. The maximum absolute atomic E-state index is 12.1. The molecule has 0 atom stereocenters. The smallest absolute Gasteiger partial charge is 0.166 e. The summed E-state index contributed by atoms with van der Waals surface area (Å²) >= 11 is 0. The van der Waals surface area contributed by atoms with Gasteiger partial charge in [-0.15, -0.1) is 0 Å². The highest BCUT2D eigenvalue weighted by atomic mass is 16.1. The Labute approximate surface area is 96.6 Å². The van der Waals surface area contributed by atoms with Crippen LogP contribution < -0.4 is 0 Å². The number of H-pyrrole nitrogens is 1. The molecule has 0 unspecified atom stereocenters. The van der Waals surface area contributed by atoms with E-state index in [-0.39, 0.29) is 11.2 Å². The third-order valence-electron chi connectivity index (χ3n) is 4.31. The molecule has 0 aromatic carbocycles. The van der Waals surface area contributed by atoms with Crippen LogP contribution in [0.4, 0.5) is 0 Å². The Morgan fingerprint density at radius 1 is 1.25 bits per heavy atom. The number of hydrogen-bond donors (Lipinski definition) is 1. The molecule has 88 valence electrons. The average molecular weight is 220 g/mol. The Morgan fingerprint density at radius 3 is 2.44 bits per heavy atom. The minimum absolute atomic E-state index is 0.0939. The molecule has 1 aromatic rings. The number of hydrogen-bond acceptors (Lipinski definition) is 2. The van der Waals surface area contributed by atoms with Gasteiger partial charge < -0.3 is 0 Å². The number of nitrogens with one attached hydrogen (secondary N) is 1. The number of aromatic amines is 1. The molecule has 0 aliphatic heterocycles. The molecule has 3 heteroatoms. The van der Waals surface area contributed by atoms with Gasteiger partial charge in [0.15, 0.2) is 5.78 Å². The van der Waals surface area contributed by atoms with Gasteiger partial charge in [0.25, 0.3) is 0 Å². The number of Topliss-reactive ketones (excluding diaryl/α,β-unsaturated/α-hetero) is 1. The summed E-state index contributed by atoms with van der Waals surface area (Å²) in [5.74, 6) is 1.26. The lowest BCUT2D eigenvalue weighted by molar-refractivity contribution is 0.0631. The summed E-state index contributed by atoms with van der Waals surface area (Å²) in [5.41, 5.74) is 1.92. The highest BCUT2D eigenvalue weighted by molar-refractivity contribution is 5.98. The van der Waals surface area contributed by atoms with E-state index in [9.17, 15) is 4.79 Å². The lowest BCUT2D eigenvalue weighted by Crippen LogP contribution is -2.41. The van der Waals surface area contributed by atoms with Crippen molar-refractivity contribution in [3.05, 3.63) is 17.5 Å². The lowest BCUT2D eigenvalue weighted by Gasteiger charge is -2.43. The predicted molar refractivity (Wildman–Crippen MR) is 63.3 cm³/mol. The number of carbonyl (C=O) groups is 1. The molecule has 16 heavy (non-hydrogen) atoms. The number of fused-ring (bicyclic) bond motifs is 1. The van der Waals surface area contributed by atoms with Crippen LogP contribution in [0.3, 0.4) is 0 Å². The zero-order chi connectivity index (χ0) is 11.9. The number of rotatable bonds is 2.